The Morgan fingerprint density at radius 2 is 1.77 bits per heavy atom. The second kappa shape index (κ2) is 13.5. The Bertz CT molecular complexity index is 745. The fourth-order valence-electron chi connectivity index (χ4n) is 3.56. The highest BCUT2D eigenvalue weighted by atomic mass is 127. The molecule has 1 aromatic rings. The van der Waals surface area contributed by atoms with Gasteiger partial charge in [-0.2, -0.15) is 0 Å². The molecule has 172 valence electrons. The average molecular weight is 552 g/mol. The molecule has 0 aliphatic carbocycles. The van der Waals surface area contributed by atoms with Crippen molar-refractivity contribution in [1.29, 1.82) is 0 Å². The third kappa shape index (κ3) is 9.93. The Kier molecular flexibility index (Phi) is 12.2. The van der Waals surface area contributed by atoms with Crippen LogP contribution in [0.3, 0.4) is 0 Å². The molecule has 1 heterocycles. The van der Waals surface area contributed by atoms with E-state index in [1.165, 1.54) is 13.0 Å². The number of rotatable bonds is 9. The number of guanidine groups is 1. The van der Waals surface area contributed by atoms with E-state index in [2.05, 4.69) is 32.2 Å². The largest absolute Gasteiger partial charge is 0.354 e. The van der Waals surface area contributed by atoms with Gasteiger partial charge in [-0.1, -0.05) is 31.2 Å². The van der Waals surface area contributed by atoms with Gasteiger partial charge in [-0.3, -0.25) is 4.99 Å². The maximum atomic E-state index is 12.0. The second-order valence-corrected chi connectivity index (χ2v) is 9.79. The first kappa shape index (κ1) is 27.1. The summed E-state index contributed by atoms with van der Waals surface area (Å²) in [5.74, 6) is 0.811. The number of hydrogen-bond acceptors (Lipinski definition) is 4. The highest BCUT2D eigenvalue weighted by molar-refractivity contribution is 14.0. The van der Waals surface area contributed by atoms with E-state index in [0.29, 0.717) is 12.6 Å². The van der Waals surface area contributed by atoms with Gasteiger partial charge >= 0.3 is 0 Å². The first-order valence-corrected chi connectivity index (χ1v) is 12.2. The molecule has 30 heavy (non-hydrogen) atoms. The van der Waals surface area contributed by atoms with E-state index in [-0.39, 0.29) is 35.8 Å². The van der Waals surface area contributed by atoms with Crippen LogP contribution in [0.25, 0.3) is 0 Å². The fraction of sp³-hybridized carbons (Fsp3) is 0.667. The number of sulfonamides is 1. The second-order valence-electron chi connectivity index (χ2n) is 8.03. The van der Waals surface area contributed by atoms with Crippen molar-refractivity contribution in [1.82, 2.24) is 20.3 Å². The smallest absolute Gasteiger partial charge is 0.216 e. The molecule has 1 aromatic carbocycles. The zero-order valence-corrected chi connectivity index (χ0v) is 21.8. The quantitative estimate of drug-likeness (QED) is 0.250. The highest BCUT2D eigenvalue weighted by Crippen LogP contribution is 2.11. The number of nitrogens with zero attached hydrogens (tertiary/aromatic N) is 2. The Morgan fingerprint density at radius 3 is 2.30 bits per heavy atom. The van der Waals surface area contributed by atoms with Gasteiger partial charge in [-0.05, 0) is 50.8 Å². The van der Waals surface area contributed by atoms with Gasteiger partial charge in [0.05, 0.1) is 5.75 Å². The lowest BCUT2D eigenvalue weighted by Crippen LogP contribution is -2.48. The molecule has 0 amide bonds. The molecule has 0 radical (unpaired) electrons. The standard InChI is InChI=1S/C21H37N5O2S.HI/c1-5-12-26-13-10-20(11-14-26)24-21(22-4)23-15-18-6-8-19(9-7-18)16-29(27,28)25-17(2)3;/h6-9,17,20,25H,5,10-16H2,1-4H3,(H2,22,23,24);1H. The maximum Gasteiger partial charge on any atom is 0.216 e. The van der Waals surface area contributed by atoms with Crippen LogP contribution in [-0.2, 0) is 22.3 Å². The molecular weight excluding hydrogens is 513 g/mol. The first-order valence-electron chi connectivity index (χ1n) is 10.6. The Labute approximate surface area is 199 Å². The minimum atomic E-state index is -3.30. The van der Waals surface area contributed by atoms with Crippen LogP contribution in [-0.4, -0.2) is 58.0 Å². The third-order valence-electron chi connectivity index (χ3n) is 4.95. The van der Waals surface area contributed by atoms with Crippen LogP contribution in [0.5, 0.6) is 0 Å². The van der Waals surface area contributed by atoms with Gasteiger partial charge in [-0.25, -0.2) is 13.1 Å². The summed E-state index contributed by atoms with van der Waals surface area (Å²) < 4.78 is 26.7. The topological polar surface area (TPSA) is 85.8 Å². The number of halogens is 1. The van der Waals surface area contributed by atoms with Crippen molar-refractivity contribution in [2.24, 2.45) is 4.99 Å². The van der Waals surface area contributed by atoms with E-state index in [9.17, 15) is 8.42 Å². The van der Waals surface area contributed by atoms with E-state index in [4.69, 9.17) is 0 Å². The van der Waals surface area contributed by atoms with Gasteiger partial charge in [0.1, 0.15) is 0 Å². The summed E-state index contributed by atoms with van der Waals surface area (Å²) >= 11 is 0. The fourth-order valence-corrected chi connectivity index (χ4v) is 5.00. The van der Waals surface area contributed by atoms with Crippen molar-refractivity contribution in [3.05, 3.63) is 35.4 Å². The average Bonchev–Trinajstić information content (AvgIpc) is 2.66. The van der Waals surface area contributed by atoms with Crippen LogP contribution in [0.1, 0.15) is 51.2 Å². The van der Waals surface area contributed by atoms with E-state index >= 15 is 0 Å². The molecule has 1 saturated heterocycles. The summed E-state index contributed by atoms with van der Waals surface area (Å²) in [6, 6.07) is 8.02. The van der Waals surface area contributed by atoms with Crippen molar-refractivity contribution < 1.29 is 8.42 Å². The number of likely N-dealkylation sites (tertiary alicyclic amines) is 1. The number of nitrogens with one attached hydrogen (secondary N) is 3. The Morgan fingerprint density at radius 1 is 1.17 bits per heavy atom. The molecule has 1 fully saturated rings. The molecule has 3 N–H and O–H groups in total. The lowest BCUT2D eigenvalue weighted by molar-refractivity contribution is 0.206. The summed E-state index contributed by atoms with van der Waals surface area (Å²) in [4.78, 5) is 6.86. The van der Waals surface area contributed by atoms with Crippen LogP contribution < -0.4 is 15.4 Å². The number of aliphatic imine (C=N–C) groups is 1. The third-order valence-corrected chi connectivity index (χ3v) is 6.49. The molecule has 0 aromatic heterocycles. The molecule has 9 heteroatoms. The SMILES string of the molecule is CCCN1CCC(NC(=NC)NCc2ccc(CS(=O)(=O)NC(C)C)cc2)CC1.I. The van der Waals surface area contributed by atoms with Crippen molar-refractivity contribution in [2.75, 3.05) is 26.7 Å². The maximum absolute atomic E-state index is 12.0. The van der Waals surface area contributed by atoms with Crippen LogP contribution >= 0.6 is 24.0 Å². The molecule has 0 saturated carbocycles. The van der Waals surface area contributed by atoms with Crippen LogP contribution in [0, 0.1) is 0 Å². The van der Waals surface area contributed by atoms with E-state index in [1.807, 2.05) is 38.1 Å². The summed E-state index contributed by atoms with van der Waals surface area (Å²) in [5, 5.41) is 6.88. The molecule has 7 nitrogen and oxygen atoms in total. The monoisotopic (exact) mass is 551 g/mol. The number of piperidine rings is 1. The van der Waals surface area contributed by atoms with E-state index in [0.717, 1.165) is 43.0 Å². The minimum absolute atomic E-state index is 0. The van der Waals surface area contributed by atoms with Crippen molar-refractivity contribution >= 4 is 40.0 Å². The minimum Gasteiger partial charge on any atom is -0.354 e. The van der Waals surface area contributed by atoms with Gasteiger partial charge in [0.2, 0.25) is 10.0 Å². The van der Waals surface area contributed by atoms with Crippen LogP contribution in [0.15, 0.2) is 29.3 Å². The van der Waals surface area contributed by atoms with Gasteiger partial charge in [-0.15, -0.1) is 24.0 Å². The summed E-state index contributed by atoms with van der Waals surface area (Å²) in [6.45, 7) is 9.97. The molecule has 2 rings (SSSR count). The predicted molar refractivity (Wildman–Crippen MR) is 136 cm³/mol. The van der Waals surface area contributed by atoms with Crippen molar-refractivity contribution in [3.8, 4) is 0 Å². The van der Waals surface area contributed by atoms with Crippen LogP contribution in [0.4, 0.5) is 0 Å². The lowest BCUT2D eigenvalue weighted by Gasteiger charge is -2.32. The molecular formula is C21H38IN5O2S. The lowest BCUT2D eigenvalue weighted by atomic mass is 10.1. The van der Waals surface area contributed by atoms with Gasteiger partial charge in [0.25, 0.3) is 0 Å². The number of benzene rings is 1. The molecule has 0 atom stereocenters. The van der Waals surface area contributed by atoms with E-state index < -0.39 is 10.0 Å². The molecule has 1 aliphatic rings. The van der Waals surface area contributed by atoms with Crippen molar-refractivity contribution in [3.63, 3.8) is 0 Å². The summed E-state index contributed by atoms with van der Waals surface area (Å²) in [6.07, 6.45) is 3.48. The molecule has 0 spiro atoms. The zero-order valence-electron chi connectivity index (χ0n) is 18.6. The Balaban J connectivity index is 0.00000450. The predicted octanol–water partition coefficient (Wildman–Crippen LogP) is 2.67. The van der Waals surface area contributed by atoms with Crippen molar-refractivity contribution in [2.45, 2.75) is 64.4 Å². The first-order chi connectivity index (χ1) is 13.8. The molecule has 0 unspecified atom stereocenters. The summed E-state index contributed by atoms with van der Waals surface area (Å²) in [5.41, 5.74) is 1.87. The molecule has 0 bridgehead atoms. The highest BCUT2D eigenvalue weighted by Gasteiger charge is 2.19. The molecule has 1 aliphatic heterocycles. The van der Waals surface area contributed by atoms with Crippen LogP contribution in [0.2, 0.25) is 0 Å². The Hall–Kier alpha value is -0.910. The van der Waals surface area contributed by atoms with Gasteiger partial charge < -0.3 is 15.5 Å². The van der Waals surface area contributed by atoms with Gasteiger partial charge in [0.15, 0.2) is 5.96 Å². The zero-order chi connectivity index (χ0) is 21.3. The number of hydrogen-bond donors (Lipinski definition) is 3. The summed E-state index contributed by atoms with van der Waals surface area (Å²) in [7, 11) is -1.51. The van der Waals surface area contributed by atoms with Gasteiger partial charge in [0, 0.05) is 38.8 Å². The normalized spacial score (nSPS) is 16.4. The van der Waals surface area contributed by atoms with E-state index in [1.54, 1.807) is 7.05 Å².